The van der Waals surface area contributed by atoms with E-state index in [0.717, 1.165) is 19.3 Å². The Morgan fingerprint density at radius 1 is 1.06 bits per heavy atom. The molecular formula is C27H35BNO4Y-2. The normalized spacial score (nSPS) is 24.9. The van der Waals surface area contributed by atoms with Gasteiger partial charge in [-0.15, -0.1) is 7.05 Å². The molecule has 2 saturated carbocycles. The maximum atomic E-state index is 13.5. The number of para-hydroxylation sites is 2. The number of carbonyl (C=O) groups excluding carboxylic acids is 1. The van der Waals surface area contributed by atoms with Crippen LogP contribution in [0.4, 0.5) is 0 Å². The van der Waals surface area contributed by atoms with Gasteiger partial charge in [-0.2, -0.15) is 6.92 Å². The van der Waals surface area contributed by atoms with E-state index in [2.05, 4.69) is 28.1 Å². The van der Waals surface area contributed by atoms with E-state index in [1.54, 1.807) is 43.3 Å². The van der Waals surface area contributed by atoms with Crippen molar-refractivity contribution in [2.75, 3.05) is 14.1 Å². The fraction of sp³-hybridized carbons (Fsp3) is 0.407. The largest absolute Gasteiger partial charge is 0.459 e. The Kier molecular flexibility index (Phi) is 10.6. The van der Waals surface area contributed by atoms with Crippen LogP contribution in [0.3, 0.4) is 0 Å². The first-order valence-corrected chi connectivity index (χ1v) is 11.0. The number of ether oxygens (including phenoxy) is 2. The average Bonchev–Trinajstić information content (AvgIpc) is 3.34. The molecule has 4 radical (unpaired) electrons. The Hall–Kier alpha value is -1.20. The average molecular weight is 537 g/mol. The van der Waals surface area contributed by atoms with Crippen molar-refractivity contribution in [3.05, 3.63) is 81.1 Å². The van der Waals surface area contributed by atoms with Gasteiger partial charge in [0.25, 0.3) is 0 Å². The number of rotatable bonds is 3. The van der Waals surface area contributed by atoms with E-state index in [1.807, 2.05) is 12.1 Å². The Morgan fingerprint density at radius 3 is 2.03 bits per heavy atom. The molecule has 2 aromatic rings. The zero-order valence-electron chi connectivity index (χ0n) is 20.7. The van der Waals surface area contributed by atoms with E-state index >= 15 is 0 Å². The van der Waals surface area contributed by atoms with Crippen LogP contribution in [0.25, 0.3) is 0 Å². The molecule has 4 atom stereocenters. The molecule has 4 unspecified atom stereocenters. The van der Waals surface area contributed by atoms with E-state index in [1.165, 1.54) is 0 Å². The van der Waals surface area contributed by atoms with Gasteiger partial charge in [-0.3, -0.25) is 0 Å². The number of carbonyl (C=O) groups is 1. The number of fused-ring (bicyclic) bond motifs is 4. The minimum Gasteiger partial charge on any atom is -0.459 e. The number of benzene rings is 2. The molecule has 1 N–H and O–H groups in total. The quantitative estimate of drug-likeness (QED) is 0.271. The maximum Gasteiger partial charge on any atom is 0.348 e. The summed E-state index contributed by atoms with van der Waals surface area (Å²) in [7, 11) is 8.52. The third-order valence-electron chi connectivity index (χ3n) is 6.94. The summed E-state index contributed by atoms with van der Waals surface area (Å²) in [5.41, 5.74) is -1.02. The molecule has 1 heterocycles. The van der Waals surface area contributed by atoms with Crippen LogP contribution in [0.1, 0.15) is 37.3 Å². The molecule has 0 spiro atoms. The van der Waals surface area contributed by atoms with Crippen molar-refractivity contribution >= 4 is 14.4 Å². The summed E-state index contributed by atoms with van der Waals surface area (Å²) in [4.78, 5) is 13.5. The predicted molar refractivity (Wildman–Crippen MR) is 131 cm³/mol. The van der Waals surface area contributed by atoms with Crippen LogP contribution in [-0.2, 0) is 47.8 Å². The summed E-state index contributed by atoms with van der Waals surface area (Å²) >= 11 is 0. The van der Waals surface area contributed by atoms with Gasteiger partial charge in [0.05, 0.1) is 6.04 Å². The first-order chi connectivity index (χ1) is 14.8. The van der Waals surface area contributed by atoms with Gasteiger partial charge in [0.2, 0.25) is 5.60 Å². The molecule has 5 nitrogen and oxygen atoms in total. The van der Waals surface area contributed by atoms with E-state index in [-0.39, 0.29) is 60.6 Å². The van der Waals surface area contributed by atoms with E-state index in [0.29, 0.717) is 39.1 Å². The number of nitrogens with zero attached hydrogens (tertiary/aromatic N) is 1. The van der Waals surface area contributed by atoms with Gasteiger partial charge in [-0.1, -0.05) is 36.4 Å². The molecule has 2 aromatic carbocycles. The van der Waals surface area contributed by atoms with Crippen molar-refractivity contribution in [3.63, 3.8) is 0 Å². The van der Waals surface area contributed by atoms with Gasteiger partial charge in [-0.25, -0.2) is 4.79 Å². The summed E-state index contributed by atoms with van der Waals surface area (Å²) in [5.74, 6) is 1.13. The SMILES string of the molecule is [B].[CH2-]C.[CH2-][N+](C)(C)C1C2CCC1C(OC(=O)C1(O)c3ccccc3Oc3ccccc31)C2.[CH3-].[Y]. The van der Waals surface area contributed by atoms with Gasteiger partial charge in [-0.05, 0) is 31.4 Å². The number of quaternary nitrogens is 1. The van der Waals surface area contributed by atoms with Gasteiger partial charge in [0.1, 0.15) is 17.6 Å². The predicted octanol–water partition coefficient (Wildman–Crippen LogP) is 4.51. The van der Waals surface area contributed by atoms with Gasteiger partial charge < -0.3 is 33.4 Å². The molecule has 2 aliphatic carbocycles. The molecule has 0 saturated heterocycles. The molecule has 1 aliphatic heterocycles. The second-order valence-electron chi connectivity index (χ2n) is 9.25. The van der Waals surface area contributed by atoms with E-state index in [4.69, 9.17) is 9.47 Å². The van der Waals surface area contributed by atoms with E-state index in [9.17, 15) is 9.90 Å². The molecule has 7 heteroatoms. The number of hydrogen-bond acceptors (Lipinski definition) is 4. The molecule has 2 bridgehead atoms. The molecule has 3 aliphatic rings. The zero-order valence-corrected chi connectivity index (χ0v) is 23.6. The van der Waals surface area contributed by atoms with Crippen molar-refractivity contribution < 1.29 is 56.6 Å². The summed E-state index contributed by atoms with van der Waals surface area (Å²) in [6.07, 6.45) is 2.86. The molecule has 5 rings (SSSR count). The molecule has 0 amide bonds. The van der Waals surface area contributed by atoms with Gasteiger partial charge >= 0.3 is 5.97 Å². The fourth-order valence-corrected chi connectivity index (χ4v) is 5.87. The summed E-state index contributed by atoms with van der Waals surface area (Å²) in [6, 6.07) is 14.6. The third-order valence-corrected chi connectivity index (χ3v) is 6.94. The maximum absolute atomic E-state index is 13.5. The van der Waals surface area contributed by atoms with Crippen LogP contribution in [0, 0.1) is 33.2 Å². The van der Waals surface area contributed by atoms with Crippen LogP contribution >= 0.6 is 0 Å². The van der Waals surface area contributed by atoms with Gasteiger partial charge in [0, 0.05) is 78.2 Å². The molecule has 2 fully saturated rings. The van der Waals surface area contributed by atoms with Crippen LogP contribution in [-0.4, -0.2) is 50.2 Å². The topological polar surface area (TPSA) is 55.8 Å². The number of esters is 1. The summed E-state index contributed by atoms with van der Waals surface area (Å²) in [6.45, 7) is 5.00. The van der Waals surface area contributed by atoms with Crippen molar-refractivity contribution in [1.29, 1.82) is 0 Å². The minimum atomic E-state index is -1.88. The van der Waals surface area contributed by atoms with Crippen LogP contribution in [0.5, 0.6) is 11.5 Å². The summed E-state index contributed by atoms with van der Waals surface area (Å²) in [5, 5.41) is 11.7. The smallest absolute Gasteiger partial charge is 0.348 e. The standard InChI is InChI=1S/C24H27NO4.C2H5.CH3.B.Y/c1-25(2,3)22-15-12-13-16(22)21(14-15)29-23(26)24(27)17-8-4-6-10-19(17)28-20-11-7-5-9-18(20)24;1-2;;;/h4-11,15-16,21-22,27H,1,12-14H2,2-3H3;1H2,2H3;1H3;;/q;2*-1;;. The number of hydrogen-bond donors (Lipinski definition) is 1. The second-order valence-corrected chi connectivity index (χ2v) is 9.25. The molecule has 0 aromatic heterocycles. The second kappa shape index (κ2) is 11.7. The Morgan fingerprint density at radius 2 is 1.56 bits per heavy atom. The third kappa shape index (κ3) is 5.02. The molecular weight excluding hydrogens is 502 g/mol. The Balaban J connectivity index is 0.00000113. The first kappa shape index (κ1) is 30.8. The molecule has 34 heavy (non-hydrogen) atoms. The van der Waals surface area contributed by atoms with Crippen molar-refractivity contribution in [2.24, 2.45) is 11.8 Å². The van der Waals surface area contributed by atoms with Crippen molar-refractivity contribution in [2.45, 2.75) is 43.9 Å². The van der Waals surface area contributed by atoms with Crippen molar-refractivity contribution in [1.82, 2.24) is 0 Å². The zero-order chi connectivity index (χ0) is 22.4. The first-order valence-electron chi connectivity index (χ1n) is 11.0. The van der Waals surface area contributed by atoms with Crippen molar-refractivity contribution in [3.8, 4) is 11.5 Å². The fourth-order valence-electron chi connectivity index (χ4n) is 5.87. The Bertz CT molecular complexity index is 932. The van der Waals surface area contributed by atoms with Crippen LogP contribution in [0.2, 0.25) is 0 Å². The minimum absolute atomic E-state index is 0. The van der Waals surface area contributed by atoms with Gasteiger partial charge in [0.15, 0.2) is 0 Å². The number of aliphatic hydroxyl groups is 1. The Labute approximate surface area is 232 Å². The monoisotopic (exact) mass is 537 g/mol. The van der Waals surface area contributed by atoms with E-state index < -0.39 is 11.6 Å². The van der Waals surface area contributed by atoms with Crippen LogP contribution in [0.15, 0.2) is 48.5 Å². The molecule has 180 valence electrons. The van der Waals surface area contributed by atoms with Crippen LogP contribution < -0.4 is 4.74 Å². The summed E-state index contributed by atoms with van der Waals surface area (Å²) < 4.78 is 12.6.